The van der Waals surface area contributed by atoms with Crippen LogP contribution in [-0.4, -0.2) is 46.5 Å². The Balaban J connectivity index is 1.73. The van der Waals surface area contributed by atoms with Crippen LogP contribution in [0.3, 0.4) is 0 Å². The van der Waals surface area contributed by atoms with Crippen molar-refractivity contribution in [3.63, 3.8) is 0 Å². The van der Waals surface area contributed by atoms with Crippen molar-refractivity contribution in [2.75, 3.05) is 0 Å². The lowest BCUT2D eigenvalue weighted by molar-refractivity contribution is -0.132. The largest absolute Gasteiger partial charge is 0.444 e. The fourth-order valence-electron chi connectivity index (χ4n) is 4.24. The van der Waals surface area contributed by atoms with E-state index in [1.165, 1.54) is 0 Å². The SMILES string of the molecule is CC(C)(C)OC(=O)N1C2CCC(C2)C1C(=O)N[C@@H](Cc1ccc(I)cc1)C(N)=O. The summed E-state index contributed by atoms with van der Waals surface area (Å²) in [5.41, 5.74) is 5.83. The maximum atomic E-state index is 13.1. The number of nitrogens with one attached hydrogen (secondary N) is 1. The molecule has 2 fully saturated rings. The van der Waals surface area contributed by atoms with Crippen LogP contribution < -0.4 is 11.1 Å². The normalized spacial score (nSPS) is 24.3. The molecule has 3 N–H and O–H groups in total. The third-order valence-corrected chi connectivity index (χ3v) is 6.19. The van der Waals surface area contributed by atoms with E-state index < -0.39 is 29.7 Å². The summed E-state index contributed by atoms with van der Waals surface area (Å²) in [4.78, 5) is 39.4. The number of hydrogen-bond acceptors (Lipinski definition) is 4. The second-order valence-electron chi connectivity index (χ2n) is 8.85. The van der Waals surface area contributed by atoms with E-state index in [4.69, 9.17) is 10.5 Å². The summed E-state index contributed by atoms with van der Waals surface area (Å²) in [6, 6.07) is 6.26. The highest BCUT2D eigenvalue weighted by atomic mass is 127. The molecule has 0 radical (unpaired) electrons. The first-order valence-corrected chi connectivity index (χ1v) is 11.0. The van der Waals surface area contributed by atoms with Crippen molar-refractivity contribution in [2.24, 2.45) is 11.7 Å². The van der Waals surface area contributed by atoms with Gasteiger partial charge in [0.25, 0.3) is 0 Å². The van der Waals surface area contributed by atoms with Crippen LogP contribution >= 0.6 is 22.6 Å². The van der Waals surface area contributed by atoms with Gasteiger partial charge in [-0.2, -0.15) is 0 Å². The van der Waals surface area contributed by atoms with Crippen LogP contribution in [0.25, 0.3) is 0 Å². The van der Waals surface area contributed by atoms with E-state index >= 15 is 0 Å². The van der Waals surface area contributed by atoms with Gasteiger partial charge in [-0.1, -0.05) is 12.1 Å². The molecule has 1 saturated heterocycles. The Hall–Kier alpha value is -1.84. The van der Waals surface area contributed by atoms with Gasteiger partial charge in [0.05, 0.1) is 0 Å². The summed E-state index contributed by atoms with van der Waals surface area (Å²) in [5.74, 6) is -0.847. The second kappa shape index (κ2) is 8.49. The lowest BCUT2D eigenvalue weighted by Crippen LogP contribution is -2.57. The van der Waals surface area contributed by atoms with Gasteiger partial charge in [-0.15, -0.1) is 0 Å². The summed E-state index contributed by atoms with van der Waals surface area (Å²) in [6.07, 6.45) is 2.38. The van der Waals surface area contributed by atoms with Crippen molar-refractivity contribution in [3.8, 4) is 0 Å². The molecule has 2 bridgehead atoms. The summed E-state index contributed by atoms with van der Waals surface area (Å²) in [5, 5.41) is 2.79. The van der Waals surface area contributed by atoms with Crippen LogP contribution in [0.1, 0.15) is 45.6 Å². The van der Waals surface area contributed by atoms with Crippen LogP contribution in [0, 0.1) is 9.49 Å². The Bertz CT molecular complexity index is 790. The average Bonchev–Trinajstić information content (AvgIpc) is 3.22. The smallest absolute Gasteiger partial charge is 0.411 e. The molecule has 2 aliphatic rings. The van der Waals surface area contributed by atoms with E-state index in [-0.39, 0.29) is 17.9 Å². The van der Waals surface area contributed by atoms with Crippen molar-refractivity contribution in [1.82, 2.24) is 10.2 Å². The molecule has 8 heteroatoms. The highest BCUT2D eigenvalue weighted by molar-refractivity contribution is 14.1. The lowest BCUT2D eigenvalue weighted by atomic mass is 9.97. The third-order valence-electron chi connectivity index (χ3n) is 5.47. The molecular formula is C21H28IN3O4. The number of nitrogens with two attached hydrogens (primary N) is 1. The fourth-order valence-corrected chi connectivity index (χ4v) is 4.60. The lowest BCUT2D eigenvalue weighted by Gasteiger charge is -2.36. The van der Waals surface area contributed by atoms with Crippen LogP contribution in [0.5, 0.6) is 0 Å². The number of piperidine rings is 1. The first kappa shape index (κ1) is 21.9. The minimum absolute atomic E-state index is 0.00817. The molecule has 4 atom stereocenters. The van der Waals surface area contributed by atoms with Gasteiger partial charge in [0.15, 0.2) is 0 Å². The number of likely N-dealkylation sites (tertiary alicyclic amines) is 1. The predicted molar refractivity (Wildman–Crippen MR) is 117 cm³/mol. The van der Waals surface area contributed by atoms with Crippen molar-refractivity contribution in [2.45, 2.75) is 70.2 Å². The first-order valence-electron chi connectivity index (χ1n) is 9.90. The number of ether oxygens (including phenoxy) is 1. The third kappa shape index (κ3) is 5.21. The fraction of sp³-hybridized carbons (Fsp3) is 0.571. The van der Waals surface area contributed by atoms with Gasteiger partial charge >= 0.3 is 6.09 Å². The van der Waals surface area contributed by atoms with Crippen LogP contribution in [-0.2, 0) is 20.7 Å². The zero-order valence-corrected chi connectivity index (χ0v) is 19.1. The number of benzene rings is 1. The summed E-state index contributed by atoms with van der Waals surface area (Å²) < 4.78 is 6.61. The molecule has 1 saturated carbocycles. The van der Waals surface area contributed by atoms with E-state index in [9.17, 15) is 14.4 Å². The Morgan fingerprint density at radius 1 is 1.24 bits per heavy atom. The molecule has 158 valence electrons. The number of amides is 3. The number of hydrogen-bond donors (Lipinski definition) is 2. The highest BCUT2D eigenvalue weighted by Crippen LogP contribution is 2.43. The molecule has 3 rings (SSSR count). The van der Waals surface area contributed by atoms with Gasteiger partial charge in [-0.05, 0) is 86.2 Å². The highest BCUT2D eigenvalue weighted by Gasteiger charge is 2.52. The summed E-state index contributed by atoms with van der Waals surface area (Å²) in [6.45, 7) is 5.41. The molecule has 3 unspecified atom stereocenters. The van der Waals surface area contributed by atoms with Crippen molar-refractivity contribution in [3.05, 3.63) is 33.4 Å². The number of carbonyl (C=O) groups is 3. The van der Waals surface area contributed by atoms with E-state index in [1.807, 2.05) is 24.3 Å². The topological polar surface area (TPSA) is 102 Å². The molecule has 1 aliphatic heterocycles. The number of nitrogens with zero attached hydrogens (tertiary/aromatic N) is 1. The molecule has 3 amide bonds. The number of rotatable bonds is 5. The molecular weight excluding hydrogens is 485 g/mol. The van der Waals surface area contributed by atoms with Gasteiger partial charge < -0.3 is 15.8 Å². The number of fused-ring (bicyclic) bond motifs is 2. The van der Waals surface area contributed by atoms with Gasteiger partial charge in [0.2, 0.25) is 11.8 Å². The number of carbonyl (C=O) groups excluding carboxylic acids is 3. The Labute approximate surface area is 184 Å². The molecule has 0 spiro atoms. The summed E-state index contributed by atoms with van der Waals surface area (Å²) >= 11 is 2.21. The van der Waals surface area contributed by atoms with E-state index in [2.05, 4.69) is 27.9 Å². The van der Waals surface area contributed by atoms with E-state index in [0.29, 0.717) is 6.42 Å². The minimum Gasteiger partial charge on any atom is -0.444 e. The molecule has 1 heterocycles. The second-order valence-corrected chi connectivity index (χ2v) is 10.1. The Kier molecular flexibility index (Phi) is 6.40. The van der Waals surface area contributed by atoms with Gasteiger partial charge in [0, 0.05) is 16.0 Å². The van der Waals surface area contributed by atoms with Gasteiger partial charge in [-0.25, -0.2) is 4.79 Å². The first-order chi connectivity index (χ1) is 13.5. The molecule has 1 aliphatic carbocycles. The standard InChI is InChI=1S/C21H28IN3O4/c1-21(2,3)29-20(28)25-15-9-6-13(11-15)17(25)19(27)24-16(18(23)26)10-12-4-7-14(22)8-5-12/h4-5,7-8,13,15-17H,6,9-11H2,1-3H3,(H2,23,26)(H,24,27)/t13?,15?,16-,17?/m0/s1. The van der Waals surface area contributed by atoms with Crippen LogP contribution in [0.15, 0.2) is 24.3 Å². The number of halogens is 1. The zero-order chi connectivity index (χ0) is 21.3. The Morgan fingerprint density at radius 2 is 1.90 bits per heavy atom. The van der Waals surface area contributed by atoms with Crippen molar-refractivity contribution < 1.29 is 19.1 Å². The quantitative estimate of drug-likeness (QED) is 0.592. The van der Waals surface area contributed by atoms with Crippen LogP contribution in [0.2, 0.25) is 0 Å². The van der Waals surface area contributed by atoms with E-state index in [1.54, 1.807) is 25.7 Å². The molecule has 29 heavy (non-hydrogen) atoms. The maximum Gasteiger partial charge on any atom is 0.411 e. The van der Waals surface area contributed by atoms with Crippen LogP contribution in [0.4, 0.5) is 4.79 Å². The van der Waals surface area contributed by atoms with Gasteiger partial charge in [0.1, 0.15) is 17.7 Å². The van der Waals surface area contributed by atoms with Gasteiger partial charge in [-0.3, -0.25) is 14.5 Å². The monoisotopic (exact) mass is 513 g/mol. The zero-order valence-electron chi connectivity index (χ0n) is 17.0. The minimum atomic E-state index is -0.831. The maximum absolute atomic E-state index is 13.1. The Morgan fingerprint density at radius 3 is 2.48 bits per heavy atom. The predicted octanol–water partition coefficient (Wildman–Crippen LogP) is 2.59. The van der Waals surface area contributed by atoms with E-state index in [0.717, 1.165) is 28.4 Å². The summed E-state index contributed by atoms with van der Waals surface area (Å²) in [7, 11) is 0. The molecule has 1 aromatic carbocycles. The molecule has 0 aromatic heterocycles. The average molecular weight is 513 g/mol. The van der Waals surface area contributed by atoms with Crippen molar-refractivity contribution in [1.29, 1.82) is 0 Å². The van der Waals surface area contributed by atoms with Crippen molar-refractivity contribution >= 4 is 40.5 Å². The molecule has 7 nitrogen and oxygen atoms in total. The number of primary amides is 1. The molecule has 1 aromatic rings.